The van der Waals surface area contributed by atoms with E-state index in [0.717, 1.165) is 12.5 Å². The van der Waals surface area contributed by atoms with Gasteiger partial charge in [0.05, 0.1) is 30.2 Å². The molecular weight excluding hydrogens is 494 g/mol. The normalized spacial score (nSPS) is 21.0. The third kappa shape index (κ3) is 6.55. The van der Waals surface area contributed by atoms with Crippen molar-refractivity contribution in [1.29, 1.82) is 0 Å². The lowest BCUT2D eigenvalue weighted by atomic mass is 9.99. The van der Waals surface area contributed by atoms with E-state index < -0.39 is 16.1 Å². The van der Waals surface area contributed by atoms with Gasteiger partial charge in [-0.3, -0.25) is 9.52 Å². The second-order valence-electron chi connectivity index (χ2n) is 10.3. The molecule has 10 heteroatoms. The van der Waals surface area contributed by atoms with E-state index >= 15 is 0 Å². The van der Waals surface area contributed by atoms with Crippen molar-refractivity contribution in [3.8, 4) is 11.5 Å². The van der Waals surface area contributed by atoms with Gasteiger partial charge < -0.3 is 24.4 Å². The fourth-order valence-corrected chi connectivity index (χ4v) is 5.65. The van der Waals surface area contributed by atoms with Crippen molar-refractivity contribution in [3.05, 3.63) is 48.0 Å². The molecule has 0 aromatic heterocycles. The van der Waals surface area contributed by atoms with Gasteiger partial charge in [-0.25, -0.2) is 8.42 Å². The number of sulfonamides is 1. The number of nitrogens with zero attached hydrogens (tertiary/aromatic N) is 2. The molecule has 4 rings (SSSR count). The second-order valence-corrected chi connectivity index (χ2v) is 12.0. The first kappa shape index (κ1) is 27.2. The number of carbonyl (C=O) groups excluding carboxylic acids is 1. The zero-order chi connectivity index (χ0) is 26.7. The predicted octanol–water partition coefficient (Wildman–Crippen LogP) is 3.06. The molecule has 37 heavy (non-hydrogen) atoms. The highest BCUT2D eigenvalue weighted by atomic mass is 32.2. The maximum atomic E-state index is 13.6. The number of aliphatic hydroxyl groups excluding tert-OH is 1. The molecule has 1 heterocycles. The molecule has 1 amide bonds. The standard InChI is InChI=1S/C27H37N3O6S/c1-18-14-30(19(2)17-31)27(32)24-13-21(28-37(33,34)23-10-8-22(35-4)9-11-23)7-12-25(24)36-26(18)16-29(3)15-20-5-6-20/h7-13,18-20,26,28,31H,5-6,14-17H2,1-4H3/t18-,19+,26+/m1/s1. The Morgan fingerprint density at radius 2 is 1.89 bits per heavy atom. The van der Waals surface area contributed by atoms with E-state index in [9.17, 15) is 18.3 Å². The van der Waals surface area contributed by atoms with Crippen LogP contribution in [0.1, 0.15) is 37.0 Å². The average molecular weight is 532 g/mol. The van der Waals surface area contributed by atoms with Gasteiger partial charge >= 0.3 is 0 Å². The number of amides is 1. The van der Waals surface area contributed by atoms with Crippen molar-refractivity contribution in [2.24, 2.45) is 11.8 Å². The lowest BCUT2D eigenvalue weighted by molar-refractivity contribution is 0.0344. The molecule has 0 bridgehead atoms. The molecule has 1 fully saturated rings. The first-order chi connectivity index (χ1) is 17.6. The lowest BCUT2D eigenvalue weighted by Gasteiger charge is -2.38. The van der Waals surface area contributed by atoms with Gasteiger partial charge in [-0.2, -0.15) is 0 Å². The van der Waals surface area contributed by atoms with Crippen molar-refractivity contribution in [2.75, 3.05) is 45.1 Å². The summed E-state index contributed by atoms with van der Waals surface area (Å²) < 4.78 is 40.0. The summed E-state index contributed by atoms with van der Waals surface area (Å²) in [5.41, 5.74) is 0.510. The zero-order valence-electron chi connectivity index (χ0n) is 21.9. The van der Waals surface area contributed by atoms with Gasteiger partial charge in [-0.15, -0.1) is 0 Å². The Kier molecular flexibility index (Phi) is 8.30. The number of fused-ring (bicyclic) bond motifs is 1. The molecule has 0 unspecified atom stereocenters. The summed E-state index contributed by atoms with van der Waals surface area (Å²) in [6.45, 7) is 5.83. The van der Waals surface area contributed by atoms with E-state index in [2.05, 4.69) is 23.6 Å². The van der Waals surface area contributed by atoms with Crippen LogP contribution in [0, 0.1) is 11.8 Å². The van der Waals surface area contributed by atoms with E-state index in [-0.39, 0.29) is 40.7 Å². The Balaban J connectivity index is 1.63. The van der Waals surface area contributed by atoms with Crippen LogP contribution in [0.2, 0.25) is 0 Å². The quantitative estimate of drug-likeness (QED) is 0.485. The average Bonchev–Trinajstić information content (AvgIpc) is 3.69. The Morgan fingerprint density at radius 3 is 2.51 bits per heavy atom. The van der Waals surface area contributed by atoms with Gasteiger partial charge in [0, 0.05) is 31.2 Å². The number of anilines is 1. The molecule has 1 saturated carbocycles. The van der Waals surface area contributed by atoms with E-state index in [0.29, 0.717) is 24.6 Å². The molecule has 202 valence electrons. The van der Waals surface area contributed by atoms with Crippen LogP contribution in [-0.2, 0) is 10.0 Å². The molecule has 2 aliphatic rings. The summed E-state index contributed by atoms with van der Waals surface area (Å²) in [4.78, 5) is 17.6. The number of aliphatic hydroxyl groups is 1. The van der Waals surface area contributed by atoms with Crippen molar-refractivity contribution < 1.29 is 27.8 Å². The molecule has 0 spiro atoms. The summed E-state index contributed by atoms with van der Waals surface area (Å²) in [7, 11) is -0.294. The molecule has 2 N–H and O–H groups in total. The van der Waals surface area contributed by atoms with Crippen LogP contribution in [0.25, 0.3) is 0 Å². The number of nitrogens with one attached hydrogen (secondary N) is 1. The third-order valence-electron chi connectivity index (χ3n) is 7.05. The first-order valence-electron chi connectivity index (χ1n) is 12.7. The van der Waals surface area contributed by atoms with E-state index in [1.165, 1.54) is 38.2 Å². The van der Waals surface area contributed by atoms with E-state index in [1.54, 1.807) is 36.1 Å². The van der Waals surface area contributed by atoms with Crippen LogP contribution < -0.4 is 14.2 Å². The van der Waals surface area contributed by atoms with Crippen molar-refractivity contribution in [2.45, 2.75) is 43.7 Å². The lowest BCUT2D eigenvalue weighted by Crippen LogP contribution is -2.50. The fourth-order valence-electron chi connectivity index (χ4n) is 4.60. The van der Waals surface area contributed by atoms with Crippen LogP contribution in [0.4, 0.5) is 5.69 Å². The van der Waals surface area contributed by atoms with Crippen molar-refractivity contribution in [1.82, 2.24) is 9.80 Å². The number of carbonyl (C=O) groups is 1. The first-order valence-corrected chi connectivity index (χ1v) is 14.2. The van der Waals surface area contributed by atoms with Gasteiger partial charge in [0.15, 0.2) is 0 Å². The van der Waals surface area contributed by atoms with Gasteiger partial charge in [0.25, 0.3) is 15.9 Å². The fraction of sp³-hybridized carbons (Fsp3) is 0.519. The number of hydrogen-bond acceptors (Lipinski definition) is 7. The topological polar surface area (TPSA) is 108 Å². The molecule has 2 aromatic carbocycles. The number of likely N-dealkylation sites (N-methyl/N-ethyl adjacent to an activating group) is 1. The highest BCUT2D eigenvalue weighted by Gasteiger charge is 2.34. The number of rotatable bonds is 10. The van der Waals surface area contributed by atoms with E-state index in [4.69, 9.17) is 9.47 Å². The Morgan fingerprint density at radius 1 is 1.19 bits per heavy atom. The maximum absolute atomic E-state index is 13.6. The Bertz CT molecular complexity index is 1200. The molecule has 9 nitrogen and oxygen atoms in total. The molecule has 0 radical (unpaired) electrons. The van der Waals surface area contributed by atoms with Gasteiger partial charge in [0.2, 0.25) is 0 Å². The SMILES string of the molecule is COc1ccc(S(=O)(=O)Nc2ccc3c(c2)C(=O)N([C@@H](C)CO)C[C@@H](C)[C@H](CN(C)CC2CC2)O3)cc1. The van der Waals surface area contributed by atoms with Crippen molar-refractivity contribution >= 4 is 21.6 Å². The molecule has 1 aliphatic carbocycles. The highest BCUT2D eigenvalue weighted by Crippen LogP contribution is 2.33. The van der Waals surface area contributed by atoms with Crippen LogP contribution in [-0.4, -0.2) is 81.8 Å². The Labute approximate surface area is 219 Å². The minimum Gasteiger partial charge on any atom is -0.497 e. The number of benzene rings is 2. The number of ether oxygens (including phenoxy) is 2. The van der Waals surface area contributed by atoms with Crippen LogP contribution in [0.5, 0.6) is 11.5 Å². The monoisotopic (exact) mass is 531 g/mol. The Hall–Kier alpha value is -2.82. The molecule has 3 atom stereocenters. The second kappa shape index (κ2) is 11.3. The van der Waals surface area contributed by atoms with Gasteiger partial charge in [-0.1, -0.05) is 6.92 Å². The maximum Gasteiger partial charge on any atom is 0.261 e. The molecular formula is C27H37N3O6S. The third-order valence-corrected chi connectivity index (χ3v) is 8.44. The largest absolute Gasteiger partial charge is 0.497 e. The summed E-state index contributed by atoms with van der Waals surface area (Å²) in [6.07, 6.45) is 2.35. The van der Waals surface area contributed by atoms with E-state index in [1.807, 2.05) is 0 Å². The smallest absolute Gasteiger partial charge is 0.261 e. The summed E-state index contributed by atoms with van der Waals surface area (Å²) in [6, 6.07) is 10.4. The minimum atomic E-state index is -3.89. The number of hydrogen-bond donors (Lipinski definition) is 2. The molecule has 1 aliphatic heterocycles. The van der Waals surface area contributed by atoms with Gasteiger partial charge in [-0.05, 0) is 75.2 Å². The summed E-state index contributed by atoms with van der Waals surface area (Å²) in [5, 5.41) is 9.86. The summed E-state index contributed by atoms with van der Waals surface area (Å²) >= 11 is 0. The number of methoxy groups -OCH3 is 1. The molecule has 0 saturated heterocycles. The molecule has 2 aromatic rings. The van der Waals surface area contributed by atoms with Crippen LogP contribution in [0.15, 0.2) is 47.4 Å². The van der Waals surface area contributed by atoms with Gasteiger partial charge in [0.1, 0.15) is 17.6 Å². The summed E-state index contributed by atoms with van der Waals surface area (Å²) in [5.74, 6) is 1.42. The zero-order valence-corrected chi connectivity index (χ0v) is 22.7. The minimum absolute atomic E-state index is 0.0287. The van der Waals surface area contributed by atoms with Crippen LogP contribution in [0.3, 0.4) is 0 Å². The highest BCUT2D eigenvalue weighted by molar-refractivity contribution is 7.92. The van der Waals surface area contributed by atoms with Crippen molar-refractivity contribution in [3.63, 3.8) is 0 Å². The predicted molar refractivity (Wildman–Crippen MR) is 142 cm³/mol. The van der Waals surface area contributed by atoms with Crippen LogP contribution >= 0.6 is 0 Å².